The summed E-state index contributed by atoms with van der Waals surface area (Å²) in [6, 6.07) is 9.52. The van der Waals surface area contributed by atoms with Gasteiger partial charge in [-0.05, 0) is 24.8 Å². The molecule has 0 unspecified atom stereocenters. The molecule has 0 aliphatic heterocycles. The first kappa shape index (κ1) is 19.7. The number of benzene rings is 1. The summed E-state index contributed by atoms with van der Waals surface area (Å²) in [6.45, 7) is 1.36. The van der Waals surface area contributed by atoms with Crippen LogP contribution in [0.1, 0.15) is 26.8 Å². The maximum atomic E-state index is 13.5. The van der Waals surface area contributed by atoms with Gasteiger partial charge in [-0.3, -0.25) is 4.18 Å². The molecule has 0 heterocycles. The molecule has 0 spiro atoms. The minimum Gasteiger partial charge on any atom is -1.00 e. The predicted octanol–water partition coefficient (Wildman–Crippen LogP) is -0.170. The van der Waals surface area contributed by atoms with Gasteiger partial charge in [-0.2, -0.15) is 8.42 Å². The third-order valence-electron chi connectivity index (χ3n) is 2.47. The van der Waals surface area contributed by atoms with Gasteiger partial charge in [0.1, 0.15) is 6.17 Å². The smallest absolute Gasteiger partial charge is 1.00 e. The van der Waals surface area contributed by atoms with Gasteiger partial charge in [0.2, 0.25) is 0 Å². The first-order chi connectivity index (χ1) is 8.53. The zero-order valence-corrected chi connectivity index (χ0v) is 15.5. The van der Waals surface area contributed by atoms with Crippen molar-refractivity contribution in [1.82, 2.24) is 0 Å². The van der Waals surface area contributed by atoms with Crippen molar-refractivity contribution < 1.29 is 69.8 Å². The third-order valence-corrected chi connectivity index (χ3v) is 3.88. The van der Waals surface area contributed by atoms with Crippen molar-refractivity contribution in [1.29, 1.82) is 0 Å². The normalized spacial score (nSPS) is 12.7. The van der Waals surface area contributed by atoms with Gasteiger partial charge in [0.05, 0.1) is 12.4 Å². The molecule has 0 bridgehead atoms. The molecule has 1 rings (SSSR count). The summed E-state index contributed by atoms with van der Waals surface area (Å²) in [4.78, 5) is 0. The summed E-state index contributed by atoms with van der Waals surface area (Å²) < 4.78 is 40.5. The van der Waals surface area contributed by atoms with E-state index in [1.165, 1.54) is 0 Å². The molecule has 0 N–H and O–H groups in total. The van der Waals surface area contributed by atoms with Gasteiger partial charge in [0.15, 0.2) is 0 Å². The first-order valence-corrected chi connectivity index (χ1v) is 7.66. The van der Waals surface area contributed by atoms with Crippen molar-refractivity contribution >= 4 is 10.1 Å². The van der Waals surface area contributed by atoms with Gasteiger partial charge < -0.3 is 1.43 Å². The number of hydrogen-bond donors (Lipinski definition) is 0. The quantitative estimate of drug-likeness (QED) is 0.494. The summed E-state index contributed by atoms with van der Waals surface area (Å²) >= 11 is 0. The molecule has 0 saturated carbocycles. The monoisotopic (exact) mass is 314 g/mol. The van der Waals surface area contributed by atoms with Crippen LogP contribution in [-0.2, 0) is 20.7 Å². The van der Waals surface area contributed by atoms with Crippen molar-refractivity contribution in [2.24, 2.45) is 0 Å². The van der Waals surface area contributed by atoms with Gasteiger partial charge >= 0.3 is 51.4 Å². The van der Waals surface area contributed by atoms with Crippen molar-refractivity contribution in [3.63, 3.8) is 0 Å². The number of rotatable bonds is 8. The van der Waals surface area contributed by atoms with Gasteiger partial charge in [0, 0.05) is 0 Å². The molecule has 3 nitrogen and oxygen atoms in total. The minimum absolute atomic E-state index is 0. The molecule has 104 valence electrons. The van der Waals surface area contributed by atoms with E-state index in [1.807, 2.05) is 30.3 Å². The van der Waals surface area contributed by atoms with Crippen LogP contribution >= 0.6 is 0 Å². The second-order valence-electron chi connectivity index (χ2n) is 4.17. The molecule has 0 radical (unpaired) electrons. The van der Waals surface area contributed by atoms with Crippen molar-refractivity contribution in [2.45, 2.75) is 32.4 Å². The summed E-state index contributed by atoms with van der Waals surface area (Å²) in [7, 11) is -3.55. The summed E-state index contributed by atoms with van der Waals surface area (Å²) in [5, 5.41) is 0. The molecule has 0 aliphatic rings. The van der Waals surface area contributed by atoms with E-state index in [4.69, 9.17) is 0 Å². The van der Waals surface area contributed by atoms with E-state index in [2.05, 4.69) is 4.18 Å². The zero-order valence-electron chi connectivity index (χ0n) is 12.5. The number of hydrogen-bond acceptors (Lipinski definition) is 3. The van der Waals surface area contributed by atoms with Crippen LogP contribution in [0.15, 0.2) is 30.3 Å². The Morgan fingerprint density at radius 1 is 1.32 bits per heavy atom. The van der Waals surface area contributed by atoms with Gasteiger partial charge in [-0.25, -0.2) is 4.39 Å². The Bertz CT molecular complexity index is 442. The number of aryl methyl sites for hydroxylation is 1. The Morgan fingerprint density at radius 2 is 1.95 bits per heavy atom. The van der Waals surface area contributed by atoms with Gasteiger partial charge in [0.25, 0.3) is 10.1 Å². The zero-order chi connectivity index (χ0) is 13.4. The Kier molecular flexibility index (Phi) is 10.8. The first-order valence-electron chi connectivity index (χ1n) is 6.08. The average Bonchev–Trinajstić information content (AvgIpc) is 2.35. The van der Waals surface area contributed by atoms with Crippen LogP contribution in [0, 0.1) is 0 Å². The van der Waals surface area contributed by atoms with Crippen LogP contribution < -0.4 is 51.4 Å². The molecule has 0 aliphatic carbocycles. The molecule has 1 aromatic carbocycles. The molecule has 19 heavy (non-hydrogen) atoms. The number of alkyl halides is 1. The predicted molar refractivity (Wildman–Crippen MR) is 70.8 cm³/mol. The standard InChI is InChI=1S/C13H19FO3S.K.H/c1-2-10-18(15,16)17-11-13(14)9-8-12-6-4-3-5-7-12;;/h3-7,13H,2,8-11H2,1H3;;/q;+1;-1/t13-;;/m1../s1. The molecule has 0 amide bonds. The fraction of sp³-hybridized carbons (Fsp3) is 0.538. The maximum Gasteiger partial charge on any atom is 1.00 e. The van der Waals surface area contributed by atoms with Crippen LogP contribution in [0.25, 0.3) is 0 Å². The Hall–Kier alpha value is 0.696. The molecule has 0 fully saturated rings. The fourth-order valence-corrected chi connectivity index (χ4v) is 2.51. The summed E-state index contributed by atoms with van der Waals surface area (Å²) in [5.74, 6) is -0.0571. The Morgan fingerprint density at radius 3 is 2.53 bits per heavy atom. The SMILES string of the molecule is CCCS(=O)(=O)OC[C@H](F)CCc1ccccc1.[H-].[K+]. The van der Waals surface area contributed by atoms with Crippen LogP contribution in [0.5, 0.6) is 0 Å². The van der Waals surface area contributed by atoms with Crippen LogP contribution in [-0.4, -0.2) is 26.9 Å². The van der Waals surface area contributed by atoms with Gasteiger partial charge in [-0.1, -0.05) is 37.3 Å². The average molecular weight is 314 g/mol. The number of halogens is 1. The van der Waals surface area contributed by atoms with Crippen LogP contribution in [0.4, 0.5) is 4.39 Å². The van der Waals surface area contributed by atoms with Crippen molar-refractivity contribution in [2.75, 3.05) is 12.4 Å². The molecule has 1 atom stereocenters. The van der Waals surface area contributed by atoms with Crippen molar-refractivity contribution in [3.05, 3.63) is 35.9 Å². The van der Waals surface area contributed by atoms with Crippen LogP contribution in [0.2, 0.25) is 0 Å². The van der Waals surface area contributed by atoms with E-state index in [-0.39, 0.29) is 71.6 Å². The van der Waals surface area contributed by atoms with E-state index in [9.17, 15) is 12.8 Å². The van der Waals surface area contributed by atoms with E-state index >= 15 is 0 Å². The fourth-order valence-electron chi connectivity index (χ4n) is 1.54. The molecule has 0 aromatic heterocycles. The van der Waals surface area contributed by atoms with E-state index in [0.717, 1.165) is 5.56 Å². The largest absolute Gasteiger partial charge is 1.00 e. The van der Waals surface area contributed by atoms with Gasteiger partial charge in [-0.15, -0.1) is 0 Å². The molecular weight excluding hydrogens is 294 g/mol. The van der Waals surface area contributed by atoms with E-state index in [0.29, 0.717) is 12.8 Å². The maximum absolute atomic E-state index is 13.5. The molecular formula is C13H20FKO3S. The summed E-state index contributed by atoms with van der Waals surface area (Å²) in [6.07, 6.45) is 0.0746. The molecule has 1 aromatic rings. The summed E-state index contributed by atoms with van der Waals surface area (Å²) in [5.41, 5.74) is 1.04. The second-order valence-corrected chi connectivity index (χ2v) is 5.93. The van der Waals surface area contributed by atoms with Crippen molar-refractivity contribution in [3.8, 4) is 0 Å². The Labute approximate surface area is 159 Å². The molecule has 0 saturated heterocycles. The topological polar surface area (TPSA) is 43.4 Å². The van der Waals surface area contributed by atoms with E-state index in [1.54, 1.807) is 6.92 Å². The minimum atomic E-state index is -3.55. The van der Waals surface area contributed by atoms with E-state index < -0.39 is 16.3 Å². The second kappa shape index (κ2) is 10.4. The molecule has 6 heteroatoms. The Balaban J connectivity index is 0. The van der Waals surface area contributed by atoms with Crippen LogP contribution in [0.3, 0.4) is 0 Å². The third kappa shape index (κ3) is 9.28.